The van der Waals surface area contributed by atoms with E-state index in [1.807, 2.05) is 12.2 Å². The molecule has 1 aromatic carbocycles. The zero-order valence-corrected chi connectivity index (χ0v) is 15.3. The zero-order valence-electron chi connectivity index (χ0n) is 15.3. The quantitative estimate of drug-likeness (QED) is 0.604. The van der Waals surface area contributed by atoms with Gasteiger partial charge in [0, 0.05) is 11.1 Å². The summed E-state index contributed by atoms with van der Waals surface area (Å²) < 4.78 is 5.65. The van der Waals surface area contributed by atoms with Gasteiger partial charge in [-0.05, 0) is 40.5 Å². The predicted octanol–water partition coefficient (Wildman–Crippen LogP) is 6.02. The van der Waals surface area contributed by atoms with Crippen LogP contribution in [-0.2, 0) is 11.8 Å². The Hall–Kier alpha value is -1.72. The lowest BCUT2D eigenvalue weighted by Crippen LogP contribution is -2.35. The van der Waals surface area contributed by atoms with Gasteiger partial charge in [-0.1, -0.05) is 60.8 Å². The van der Waals surface area contributed by atoms with Crippen LogP contribution in [0.2, 0.25) is 0 Å². The third-order valence-corrected chi connectivity index (χ3v) is 5.03. The first-order valence-corrected chi connectivity index (χ1v) is 7.88. The van der Waals surface area contributed by atoms with Gasteiger partial charge in [0.2, 0.25) is 0 Å². The Morgan fingerprint density at radius 1 is 1.23 bits per heavy atom. The van der Waals surface area contributed by atoms with Crippen LogP contribution in [0.4, 0.5) is 0 Å². The maximum absolute atomic E-state index is 5.65. The summed E-state index contributed by atoms with van der Waals surface area (Å²) in [6.07, 6.45) is 4.73. The van der Waals surface area contributed by atoms with E-state index in [1.54, 1.807) is 7.11 Å². The fourth-order valence-corrected chi connectivity index (χ4v) is 2.72. The van der Waals surface area contributed by atoms with Gasteiger partial charge in [0.15, 0.2) is 0 Å². The van der Waals surface area contributed by atoms with E-state index >= 15 is 0 Å². The Balaban J connectivity index is 3.91. The Kier molecular flexibility index (Phi) is 5.49. The molecule has 1 rings (SSSR count). The topological polar surface area (TPSA) is 9.23 Å². The molecular formula is C21H30O. The summed E-state index contributed by atoms with van der Waals surface area (Å²) in [6.45, 7) is 21.3. The second kappa shape index (κ2) is 6.58. The van der Waals surface area contributed by atoms with E-state index in [4.69, 9.17) is 4.74 Å². The van der Waals surface area contributed by atoms with E-state index in [9.17, 15) is 0 Å². The molecule has 0 amide bonds. The van der Waals surface area contributed by atoms with Crippen molar-refractivity contribution in [3.63, 3.8) is 0 Å². The Bertz CT molecular complexity index is 606. The summed E-state index contributed by atoms with van der Waals surface area (Å²) in [7, 11) is 1.71. The summed E-state index contributed by atoms with van der Waals surface area (Å²) in [5.74, 6) is 0.858. The van der Waals surface area contributed by atoms with Crippen LogP contribution >= 0.6 is 0 Å². The number of methoxy groups -OCH3 is 1. The van der Waals surface area contributed by atoms with Crippen LogP contribution in [0.15, 0.2) is 25.0 Å². The van der Waals surface area contributed by atoms with E-state index in [2.05, 4.69) is 66.5 Å². The van der Waals surface area contributed by atoms with Gasteiger partial charge in [-0.3, -0.25) is 0 Å². The van der Waals surface area contributed by atoms with Crippen molar-refractivity contribution in [2.75, 3.05) is 7.11 Å². The van der Waals surface area contributed by atoms with E-state index < -0.39 is 0 Å². The molecule has 0 aromatic heterocycles. The molecule has 0 atom stereocenters. The molecule has 0 aliphatic rings. The van der Waals surface area contributed by atoms with Crippen LogP contribution in [0, 0.1) is 5.41 Å². The number of rotatable bonds is 5. The van der Waals surface area contributed by atoms with Crippen LogP contribution in [0.25, 0.3) is 12.2 Å². The molecule has 1 aromatic rings. The van der Waals surface area contributed by atoms with Crippen LogP contribution < -0.4 is 4.74 Å². The van der Waals surface area contributed by atoms with Crippen LogP contribution in [0.5, 0.6) is 5.75 Å². The molecule has 0 bridgehead atoms. The van der Waals surface area contributed by atoms with Gasteiger partial charge in [0.25, 0.3) is 0 Å². The van der Waals surface area contributed by atoms with Crippen molar-refractivity contribution in [2.24, 2.45) is 5.41 Å². The summed E-state index contributed by atoms with van der Waals surface area (Å²) in [6, 6.07) is 2.23. The molecule has 120 valence electrons. The molecule has 0 radical (unpaired) electrons. The van der Waals surface area contributed by atoms with Crippen molar-refractivity contribution < 1.29 is 4.74 Å². The molecule has 1 heteroatoms. The molecule has 0 fully saturated rings. The highest BCUT2D eigenvalue weighted by Gasteiger charge is 2.37. The Morgan fingerprint density at radius 2 is 1.82 bits per heavy atom. The number of hydrogen-bond donors (Lipinski definition) is 0. The largest absolute Gasteiger partial charge is 0.495 e. The minimum Gasteiger partial charge on any atom is -0.495 e. The number of ether oxygens (including phenoxy) is 1. The molecule has 0 saturated heterocycles. The molecule has 0 aliphatic carbocycles. The minimum absolute atomic E-state index is 0.0200. The lowest BCUT2D eigenvalue weighted by atomic mass is 9.63. The molecule has 0 spiro atoms. The van der Waals surface area contributed by atoms with Crippen molar-refractivity contribution in [1.82, 2.24) is 0 Å². The van der Waals surface area contributed by atoms with Gasteiger partial charge in [0.1, 0.15) is 5.75 Å². The number of benzene rings is 1. The fourth-order valence-electron chi connectivity index (χ4n) is 2.72. The second-order valence-corrected chi connectivity index (χ2v) is 7.22. The molecule has 0 heterocycles. The zero-order chi connectivity index (χ0) is 17.1. The first-order chi connectivity index (χ1) is 10.1. The third-order valence-electron chi connectivity index (χ3n) is 5.03. The standard InChI is InChI=1S/C21H30O/c1-10-13-17-16(12-3)18(21(7,8)20(4,5)6)14-15(11-2)19(17)22-9/h11,13-14H,1-2,12H2,3-9H3. The van der Waals surface area contributed by atoms with Crippen molar-refractivity contribution in [3.05, 3.63) is 47.2 Å². The highest BCUT2D eigenvalue weighted by atomic mass is 16.5. The van der Waals surface area contributed by atoms with Gasteiger partial charge in [-0.25, -0.2) is 0 Å². The van der Waals surface area contributed by atoms with Crippen LogP contribution in [0.3, 0.4) is 0 Å². The van der Waals surface area contributed by atoms with E-state index in [0.717, 1.165) is 23.3 Å². The monoisotopic (exact) mass is 298 g/mol. The van der Waals surface area contributed by atoms with Gasteiger partial charge >= 0.3 is 0 Å². The summed E-state index contributed by atoms with van der Waals surface area (Å²) in [4.78, 5) is 0. The van der Waals surface area contributed by atoms with Crippen molar-refractivity contribution >= 4 is 12.2 Å². The highest BCUT2D eigenvalue weighted by Crippen LogP contribution is 2.45. The Morgan fingerprint density at radius 3 is 2.18 bits per heavy atom. The summed E-state index contributed by atoms with van der Waals surface area (Å²) in [5, 5.41) is 0. The van der Waals surface area contributed by atoms with Gasteiger partial charge in [-0.15, -0.1) is 5.73 Å². The fraction of sp³-hybridized carbons (Fsp3) is 0.476. The summed E-state index contributed by atoms with van der Waals surface area (Å²) in [5.41, 5.74) is 7.82. The highest BCUT2D eigenvalue weighted by molar-refractivity contribution is 5.72. The average molecular weight is 298 g/mol. The first-order valence-electron chi connectivity index (χ1n) is 7.88. The Labute approximate surface area is 136 Å². The third kappa shape index (κ3) is 3.05. The molecule has 1 nitrogen and oxygen atoms in total. The van der Waals surface area contributed by atoms with Crippen molar-refractivity contribution in [3.8, 4) is 5.75 Å². The molecule has 0 N–H and O–H groups in total. The lowest BCUT2D eigenvalue weighted by molar-refractivity contribution is 0.224. The summed E-state index contributed by atoms with van der Waals surface area (Å²) >= 11 is 0. The molecule has 0 unspecified atom stereocenters. The smallest absolute Gasteiger partial charge is 0.134 e. The maximum atomic E-state index is 5.65. The van der Waals surface area contributed by atoms with Crippen LogP contribution in [-0.4, -0.2) is 7.11 Å². The SMILES string of the molecule is C=C=Cc1c(CC)c(C(C)(C)C(C)(C)C)cc(C=C)c1OC. The average Bonchev–Trinajstić information content (AvgIpc) is 2.44. The second-order valence-electron chi connectivity index (χ2n) is 7.22. The van der Waals surface area contributed by atoms with Gasteiger partial charge in [-0.2, -0.15) is 0 Å². The molecule has 0 aliphatic heterocycles. The number of hydrogen-bond acceptors (Lipinski definition) is 1. The van der Waals surface area contributed by atoms with Crippen molar-refractivity contribution in [1.29, 1.82) is 0 Å². The normalized spacial score (nSPS) is 11.8. The maximum Gasteiger partial charge on any atom is 0.134 e. The molecule has 0 saturated carbocycles. The van der Waals surface area contributed by atoms with Crippen LogP contribution in [0.1, 0.15) is 63.8 Å². The molecule has 22 heavy (non-hydrogen) atoms. The van der Waals surface area contributed by atoms with E-state index in [1.165, 1.54) is 11.1 Å². The van der Waals surface area contributed by atoms with E-state index in [0.29, 0.717) is 0 Å². The van der Waals surface area contributed by atoms with Gasteiger partial charge in [0.05, 0.1) is 7.11 Å². The lowest BCUT2D eigenvalue weighted by Gasteiger charge is -2.41. The first kappa shape index (κ1) is 18.3. The predicted molar refractivity (Wildman–Crippen MR) is 98.5 cm³/mol. The van der Waals surface area contributed by atoms with Gasteiger partial charge < -0.3 is 4.74 Å². The minimum atomic E-state index is 0.0200. The van der Waals surface area contributed by atoms with E-state index in [-0.39, 0.29) is 10.8 Å². The molecular weight excluding hydrogens is 268 g/mol. The van der Waals surface area contributed by atoms with Crippen molar-refractivity contribution in [2.45, 2.75) is 53.4 Å².